The molecule has 0 amide bonds. The first-order valence-corrected chi connectivity index (χ1v) is 23.7. The normalized spacial score (nSPS) is 15.3. The summed E-state index contributed by atoms with van der Waals surface area (Å²) in [5.74, 6) is -25.8. The predicted molar refractivity (Wildman–Crippen MR) is 219 cm³/mol. The van der Waals surface area contributed by atoms with E-state index in [0.29, 0.717) is 30.1 Å². The van der Waals surface area contributed by atoms with E-state index in [1.807, 2.05) is 37.4 Å². The lowest BCUT2D eigenvalue weighted by atomic mass is 10.1. The van der Waals surface area contributed by atoms with Crippen molar-refractivity contribution < 1.29 is 69.5 Å². The van der Waals surface area contributed by atoms with Crippen LogP contribution in [0.2, 0.25) is 0 Å². The third kappa shape index (κ3) is 9.09. The van der Waals surface area contributed by atoms with Crippen LogP contribution in [0.5, 0.6) is 0 Å². The number of rotatable bonds is 8. The van der Waals surface area contributed by atoms with E-state index < -0.39 is 99.6 Å². The van der Waals surface area contributed by atoms with Crippen LogP contribution in [-0.2, 0) is 20.0 Å². The molecule has 2 fully saturated rings. The Labute approximate surface area is 376 Å². The molecule has 4 aromatic carbocycles. The first-order chi connectivity index (χ1) is 31.0. The Morgan fingerprint density at radius 3 is 1.15 bits per heavy atom. The maximum Gasteiger partial charge on any atom is 0.249 e. The van der Waals surface area contributed by atoms with Gasteiger partial charge in [0.2, 0.25) is 31.7 Å². The largest absolute Gasteiger partial charge is 0.345 e. The van der Waals surface area contributed by atoms with E-state index in [4.69, 9.17) is 0 Å². The van der Waals surface area contributed by atoms with Crippen LogP contribution < -0.4 is 9.80 Å². The van der Waals surface area contributed by atoms with Crippen LogP contribution in [0.3, 0.4) is 0 Å². The second-order valence-corrected chi connectivity index (χ2v) is 20.0. The average molecular weight is 1010 g/mol. The topological polar surface area (TPSA) is 107 Å². The Morgan fingerprint density at radius 1 is 0.439 bits per heavy atom. The van der Waals surface area contributed by atoms with Gasteiger partial charge in [-0.15, -0.1) is 22.7 Å². The van der Waals surface area contributed by atoms with E-state index in [-0.39, 0.29) is 52.4 Å². The van der Waals surface area contributed by atoms with E-state index in [1.54, 1.807) is 15.2 Å². The lowest BCUT2D eigenvalue weighted by Gasteiger charge is -2.33. The molecule has 0 N–H and O–H groups in total. The zero-order chi connectivity index (χ0) is 48.2. The molecule has 0 bridgehead atoms. The van der Waals surface area contributed by atoms with E-state index in [0.717, 1.165) is 45.9 Å². The van der Waals surface area contributed by atoms with Crippen molar-refractivity contribution >= 4 is 53.0 Å². The molecule has 2 aliphatic heterocycles. The van der Waals surface area contributed by atoms with Crippen molar-refractivity contribution in [2.45, 2.75) is 23.6 Å². The van der Waals surface area contributed by atoms with Gasteiger partial charge in [0, 0.05) is 74.2 Å². The second kappa shape index (κ2) is 18.8. The molecule has 6 aromatic rings. The number of nitrogens with zero attached hydrogens (tertiary/aromatic N) is 6. The van der Waals surface area contributed by atoms with Crippen molar-refractivity contribution in [2.75, 3.05) is 62.2 Å². The van der Waals surface area contributed by atoms with E-state index in [9.17, 15) is 69.5 Å². The van der Waals surface area contributed by atoms with Crippen molar-refractivity contribution in [3.63, 3.8) is 0 Å². The van der Waals surface area contributed by atoms with Gasteiger partial charge in [-0.3, -0.25) is 0 Å². The summed E-state index contributed by atoms with van der Waals surface area (Å²) >= 11 is 2.51. The van der Waals surface area contributed by atoms with Crippen molar-refractivity contribution in [2.24, 2.45) is 0 Å². The Kier molecular flexibility index (Phi) is 13.8. The van der Waals surface area contributed by atoms with Crippen LogP contribution in [0.4, 0.5) is 62.9 Å². The number of piperazine rings is 2. The van der Waals surface area contributed by atoms with Crippen LogP contribution in [0, 0.1) is 83.7 Å². The molecule has 2 saturated heterocycles. The van der Waals surface area contributed by atoms with E-state index in [1.165, 1.54) is 17.4 Å². The standard InChI is InChI=1S/C21H18F5N3O2S2.C19H12F7N3O2S2/c1-11-3-4-13(9-12(11)2)14-10-32-21(27-14)28-5-7-29(8-6-28)33(30,31)20-18(25)16(23)15(22)17(24)19(20)26;20-10-2-1-9(7-11(10)21)12-8-32-19(27-12)28-3-5-29(6-4-28)33(30,31)18-16(25)14(23)13(22)15(24)17(18)26/h3-4,9-10H,5-8H2,1-2H3;1-2,7-8H,3-6H2. The summed E-state index contributed by atoms with van der Waals surface area (Å²) in [6, 6.07) is 9.23. The summed E-state index contributed by atoms with van der Waals surface area (Å²) in [4.78, 5) is 8.61. The molecule has 0 unspecified atom stereocenters. The summed E-state index contributed by atoms with van der Waals surface area (Å²) in [5.41, 5.74) is 4.64. The highest BCUT2D eigenvalue weighted by atomic mass is 32.2. The molecule has 26 heteroatoms. The summed E-state index contributed by atoms with van der Waals surface area (Å²) in [6.45, 7) is 3.22. The third-order valence-corrected chi connectivity index (χ3v) is 16.2. The number of sulfonamides is 2. The fourth-order valence-corrected chi connectivity index (χ4v) is 11.6. The first-order valence-electron chi connectivity index (χ1n) is 19.0. The summed E-state index contributed by atoms with van der Waals surface area (Å²) in [6.07, 6.45) is 0. The smallest absolute Gasteiger partial charge is 0.249 e. The lowest BCUT2D eigenvalue weighted by molar-refractivity contribution is 0.344. The van der Waals surface area contributed by atoms with Gasteiger partial charge in [-0.25, -0.2) is 79.5 Å². The monoisotopic (exact) mass is 1010 g/mol. The van der Waals surface area contributed by atoms with Crippen molar-refractivity contribution in [1.29, 1.82) is 0 Å². The molecule has 352 valence electrons. The maximum atomic E-state index is 14.1. The zero-order valence-corrected chi connectivity index (χ0v) is 37.0. The number of halogens is 12. The summed E-state index contributed by atoms with van der Waals surface area (Å²) < 4.78 is 215. The molecule has 2 aromatic heterocycles. The Hall–Kier alpha value is -5.28. The van der Waals surface area contributed by atoms with E-state index in [2.05, 4.69) is 9.97 Å². The fourth-order valence-electron chi connectivity index (χ4n) is 6.76. The molecule has 0 spiro atoms. The number of aryl methyl sites for hydroxylation is 2. The van der Waals surface area contributed by atoms with Crippen LogP contribution in [-0.4, -0.2) is 87.8 Å². The van der Waals surface area contributed by atoms with Gasteiger partial charge >= 0.3 is 0 Å². The SMILES string of the molecule is Cc1ccc(-c2csc(N3CCN(S(=O)(=O)c4c(F)c(F)c(F)c(F)c4F)CC3)n2)cc1C.O=S(=O)(c1c(F)c(F)c(F)c(F)c1F)N1CCN(c2nc(-c3ccc(F)c(F)c3)cs2)CC1. The molecule has 10 nitrogen and oxygen atoms in total. The third-order valence-electron chi connectivity index (χ3n) is 10.6. The highest BCUT2D eigenvalue weighted by molar-refractivity contribution is 7.89. The number of hydrogen-bond acceptors (Lipinski definition) is 10. The fraction of sp³-hybridized carbons (Fsp3) is 0.250. The minimum atomic E-state index is -5.02. The van der Waals surface area contributed by atoms with Crippen molar-refractivity contribution in [3.8, 4) is 22.5 Å². The highest BCUT2D eigenvalue weighted by Gasteiger charge is 2.40. The van der Waals surface area contributed by atoms with Crippen molar-refractivity contribution in [1.82, 2.24) is 18.6 Å². The number of aromatic nitrogens is 2. The molecule has 8 rings (SSSR count). The average Bonchev–Trinajstić information content (AvgIpc) is 4.00. The molecule has 0 saturated carbocycles. The number of benzene rings is 4. The summed E-state index contributed by atoms with van der Waals surface area (Å²) in [5, 5.41) is 4.51. The first kappa shape index (κ1) is 48.6. The molecule has 2 aliphatic rings. The zero-order valence-electron chi connectivity index (χ0n) is 33.8. The number of thiazole rings is 2. The number of hydrogen-bond donors (Lipinski definition) is 0. The second-order valence-electron chi connectivity index (χ2n) is 14.5. The molecule has 66 heavy (non-hydrogen) atoms. The Bertz CT molecular complexity index is 2820. The van der Waals surface area contributed by atoms with Crippen LogP contribution >= 0.6 is 22.7 Å². The minimum absolute atomic E-state index is 0.000636. The Morgan fingerprint density at radius 2 is 0.788 bits per heavy atom. The van der Waals surface area contributed by atoms with E-state index >= 15 is 0 Å². The van der Waals surface area contributed by atoms with Gasteiger partial charge in [-0.2, -0.15) is 8.61 Å². The van der Waals surface area contributed by atoms with Gasteiger partial charge in [0.25, 0.3) is 0 Å². The van der Waals surface area contributed by atoms with Gasteiger partial charge in [0.05, 0.1) is 11.4 Å². The van der Waals surface area contributed by atoms with Crippen molar-refractivity contribution in [3.05, 3.63) is 128 Å². The minimum Gasteiger partial charge on any atom is -0.345 e. The molecule has 0 atom stereocenters. The van der Waals surface area contributed by atoms with Gasteiger partial charge in [0.1, 0.15) is 0 Å². The molecular weight excluding hydrogens is 985 g/mol. The summed E-state index contributed by atoms with van der Waals surface area (Å²) in [7, 11) is -9.97. The number of anilines is 2. The molecule has 0 aliphatic carbocycles. The van der Waals surface area contributed by atoms with Gasteiger partial charge < -0.3 is 9.80 Å². The highest BCUT2D eigenvalue weighted by Crippen LogP contribution is 2.35. The molecule has 4 heterocycles. The maximum absolute atomic E-state index is 14.1. The van der Waals surface area contributed by atoms with Crippen LogP contribution in [0.1, 0.15) is 11.1 Å². The van der Waals surface area contributed by atoms with Crippen LogP contribution in [0.15, 0.2) is 56.9 Å². The quantitative estimate of drug-likeness (QED) is 0.0846. The Balaban J connectivity index is 0.000000196. The molecular formula is C40H30F12N6O4S4. The predicted octanol–water partition coefficient (Wildman–Crippen LogP) is 8.93. The van der Waals surface area contributed by atoms with Crippen LogP contribution in [0.25, 0.3) is 22.5 Å². The van der Waals surface area contributed by atoms with Gasteiger partial charge in [0.15, 0.2) is 78.2 Å². The van der Waals surface area contributed by atoms with Gasteiger partial charge in [-0.1, -0.05) is 12.1 Å². The molecule has 0 radical (unpaired) electrons. The van der Waals surface area contributed by atoms with Gasteiger partial charge in [-0.05, 0) is 49.2 Å². The lowest BCUT2D eigenvalue weighted by Crippen LogP contribution is -2.49.